The molecule has 21 heavy (non-hydrogen) atoms. The van der Waals surface area contributed by atoms with E-state index in [1.807, 2.05) is 13.8 Å². The third-order valence-electron chi connectivity index (χ3n) is 3.67. The molecule has 1 aromatic carbocycles. The van der Waals surface area contributed by atoms with E-state index < -0.39 is 9.84 Å². The van der Waals surface area contributed by atoms with Crippen molar-refractivity contribution < 1.29 is 13.2 Å². The van der Waals surface area contributed by atoms with E-state index in [0.717, 1.165) is 11.1 Å². The molecule has 0 bridgehead atoms. The number of allylic oxidation sites excluding steroid dienone is 1. The van der Waals surface area contributed by atoms with Gasteiger partial charge in [-0.05, 0) is 36.1 Å². The number of amides is 1. The van der Waals surface area contributed by atoms with Crippen molar-refractivity contribution >= 4 is 21.3 Å². The predicted molar refractivity (Wildman–Crippen MR) is 82.1 cm³/mol. The quantitative estimate of drug-likeness (QED) is 0.888. The Labute approximate surface area is 125 Å². The first-order valence-corrected chi connectivity index (χ1v) is 8.70. The molecule has 1 aromatic rings. The summed E-state index contributed by atoms with van der Waals surface area (Å²) < 4.78 is 22.9. The van der Waals surface area contributed by atoms with Crippen molar-refractivity contribution in [3.63, 3.8) is 0 Å². The van der Waals surface area contributed by atoms with Gasteiger partial charge in [-0.15, -0.1) is 0 Å². The van der Waals surface area contributed by atoms with E-state index in [2.05, 4.69) is 16.9 Å². The van der Waals surface area contributed by atoms with E-state index in [0.29, 0.717) is 11.3 Å². The molecule has 2 N–H and O–H groups in total. The first-order valence-electron chi connectivity index (χ1n) is 6.80. The summed E-state index contributed by atoms with van der Waals surface area (Å²) in [6.45, 7) is 3.99. The molecule has 1 saturated heterocycles. The molecule has 5 nitrogen and oxygen atoms in total. The topological polar surface area (TPSA) is 75.3 Å². The second-order valence-electron chi connectivity index (χ2n) is 5.55. The molecule has 1 fully saturated rings. The molecule has 1 heterocycles. The lowest BCUT2D eigenvalue weighted by molar-refractivity contribution is -0.125. The van der Waals surface area contributed by atoms with Crippen LogP contribution in [0.2, 0.25) is 0 Å². The number of hydrogen-bond acceptors (Lipinski definition) is 4. The van der Waals surface area contributed by atoms with Crippen LogP contribution in [0.3, 0.4) is 0 Å². The lowest BCUT2D eigenvalue weighted by Crippen LogP contribution is -2.52. The van der Waals surface area contributed by atoms with Crippen molar-refractivity contribution in [1.82, 2.24) is 10.9 Å². The van der Waals surface area contributed by atoms with Gasteiger partial charge in [0.1, 0.15) is 0 Å². The summed E-state index contributed by atoms with van der Waals surface area (Å²) in [5.74, 6) is 0.214. The van der Waals surface area contributed by atoms with E-state index in [-0.39, 0.29) is 17.9 Å². The molecule has 0 aromatic heterocycles. The fourth-order valence-electron chi connectivity index (χ4n) is 2.31. The van der Waals surface area contributed by atoms with Gasteiger partial charge in [0.25, 0.3) is 0 Å². The lowest BCUT2D eigenvalue weighted by atomic mass is 9.93. The highest BCUT2D eigenvalue weighted by Crippen LogP contribution is 2.21. The minimum Gasteiger partial charge on any atom is -0.291 e. The van der Waals surface area contributed by atoms with E-state index in [9.17, 15) is 13.2 Å². The minimum atomic E-state index is -3.17. The van der Waals surface area contributed by atoms with E-state index in [1.165, 1.54) is 6.26 Å². The summed E-state index contributed by atoms with van der Waals surface area (Å²) in [5.41, 5.74) is 7.62. The van der Waals surface area contributed by atoms with Crippen LogP contribution < -0.4 is 10.9 Å². The Bertz CT molecular complexity index is 663. The first kappa shape index (κ1) is 15.7. The molecule has 0 aliphatic carbocycles. The fraction of sp³-hybridized carbons (Fsp3) is 0.400. The predicted octanol–water partition coefficient (Wildman–Crippen LogP) is 1.52. The lowest BCUT2D eigenvalue weighted by Gasteiger charge is -2.28. The zero-order valence-corrected chi connectivity index (χ0v) is 13.2. The van der Waals surface area contributed by atoms with E-state index in [1.54, 1.807) is 24.3 Å². The summed E-state index contributed by atoms with van der Waals surface area (Å²) >= 11 is 0. The van der Waals surface area contributed by atoms with Crippen LogP contribution in [0.1, 0.15) is 25.8 Å². The molecule has 0 spiro atoms. The molecule has 2 rings (SSSR count). The van der Waals surface area contributed by atoms with Gasteiger partial charge in [0, 0.05) is 18.7 Å². The van der Waals surface area contributed by atoms with Crippen LogP contribution in [0.4, 0.5) is 0 Å². The van der Waals surface area contributed by atoms with Crippen LogP contribution in [0.15, 0.2) is 35.2 Å². The minimum absolute atomic E-state index is 0.00214. The number of sulfone groups is 1. The Hall–Kier alpha value is -1.66. The molecule has 6 heteroatoms. The van der Waals surface area contributed by atoms with Gasteiger partial charge in [-0.3, -0.25) is 10.2 Å². The molecule has 0 radical (unpaired) electrons. The molecule has 114 valence electrons. The second kappa shape index (κ2) is 5.99. The van der Waals surface area contributed by atoms with Crippen molar-refractivity contribution in [3.8, 4) is 0 Å². The average Bonchev–Trinajstić information content (AvgIpc) is 2.41. The monoisotopic (exact) mass is 308 g/mol. The van der Waals surface area contributed by atoms with Crippen molar-refractivity contribution in [1.29, 1.82) is 0 Å². The molecule has 2 unspecified atom stereocenters. The van der Waals surface area contributed by atoms with Crippen LogP contribution in [-0.4, -0.2) is 26.6 Å². The van der Waals surface area contributed by atoms with Gasteiger partial charge < -0.3 is 0 Å². The molecular weight excluding hydrogens is 288 g/mol. The highest BCUT2D eigenvalue weighted by Gasteiger charge is 2.23. The SMILES string of the molecule is C/C(=C\C1NNC(=O)CC1C)c1ccc(S(C)(=O)=O)cc1. The normalized spacial score (nSPS) is 23.8. The summed E-state index contributed by atoms with van der Waals surface area (Å²) in [6, 6.07) is 6.89. The Balaban J connectivity index is 2.18. The highest BCUT2D eigenvalue weighted by molar-refractivity contribution is 7.90. The standard InChI is InChI=1S/C15H20N2O3S/c1-10(8-14-11(2)9-15(18)17-16-14)12-4-6-13(7-5-12)21(3,19)20/h4-8,11,14,16H,9H2,1-3H3,(H,17,18)/b10-8+. The zero-order valence-electron chi connectivity index (χ0n) is 12.4. The van der Waals surface area contributed by atoms with Crippen LogP contribution >= 0.6 is 0 Å². The van der Waals surface area contributed by atoms with Gasteiger partial charge in [-0.1, -0.05) is 25.1 Å². The van der Waals surface area contributed by atoms with Gasteiger partial charge in [0.2, 0.25) is 5.91 Å². The molecule has 1 aliphatic heterocycles. The Morgan fingerprint density at radius 2 is 1.90 bits per heavy atom. The van der Waals surface area contributed by atoms with Crippen molar-refractivity contribution in [2.45, 2.75) is 31.2 Å². The molecule has 0 saturated carbocycles. The third kappa shape index (κ3) is 3.92. The maximum absolute atomic E-state index is 11.4. The number of hydrogen-bond donors (Lipinski definition) is 2. The van der Waals surface area contributed by atoms with E-state index >= 15 is 0 Å². The van der Waals surface area contributed by atoms with Crippen molar-refractivity contribution in [2.75, 3.05) is 6.26 Å². The van der Waals surface area contributed by atoms with Gasteiger partial charge in [-0.2, -0.15) is 0 Å². The Morgan fingerprint density at radius 3 is 2.43 bits per heavy atom. The number of hydrazine groups is 1. The largest absolute Gasteiger partial charge is 0.291 e. The van der Waals surface area contributed by atoms with Crippen LogP contribution in [-0.2, 0) is 14.6 Å². The number of nitrogens with one attached hydrogen (secondary N) is 2. The Kier molecular flexibility index (Phi) is 4.49. The molecular formula is C15H20N2O3S. The van der Waals surface area contributed by atoms with Crippen molar-refractivity contribution in [2.24, 2.45) is 5.92 Å². The maximum atomic E-state index is 11.4. The van der Waals surface area contributed by atoms with E-state index in [4.69, 9.17) is 0 Å². The summed E-state index contributed by atoms with van der Waals surface area (Å²) in [5, 5.41) is 0. The van der Waals surface area contributed by atoms with Gasteiger partial charge in [-0.25, -0.2) is 13.8 Å². The smallest absolute Gasteiger partial charge is 0.234 e. The second-order valence-corrected chi connectivity index (χ2v) is 7.56. The number of carbonyl (C=O) groups is 1. The first-order chi connectivity index (χ1) is 9.77. The number of benzene rings is 1. The summed E-state index contributed by atoms with van der Waals surface area (Å²) in [4.78, 5) is 11.6. The fourth-order valence-corrected chi connectivity index (χ4v) is 2.94. The number of carbonyl (C=O) groups excluding carboxylic acids is 1. The van der Waals surface area contributed by atoms with Crippen molar-refractivity contribution in [3.05, 3.63) is 35.9 Å². The maximum Gasteiger partial charge on any atom is 0.234 e. The molecule has 1 amide bonds. The van der Waals surface area contributed by atoms with Gasteiger partial charge >= 0.3 is 0 Å². The van der Waals surface area contributed by atoms with Gasteiger partial charge in [0.05, 0.1) is 4.90 Å². The summed E-state index contributed by atoms with van der Waals surface area (Å²) in [6.07, 6.45) is 3.75. The van der Waals surface area contributed by atoms with Crippen LogP contribution in [0.5, 0.6) is 0 Å². The highest BCUT2D eigenvalue weighted by atomic mass is 32.2. The molecule has 2 atom stereocenters. The Morgan fingerprint density at radius 1 is 1.29 bits per heavy atom. The number of rotatable bonds is 3. The van der Waals surface area contributed by atoms with Gasteiger partial charge in [0.15, 0.2) is 9.84 Å². The third-order valence-corrected chi connectivity index (χ3v) is 4.79. The average molecular weight is 308 g/mol. The van der Waals surface area contributed by atoms with Crippen LogP contribution in [0.25, 0.3) is 5.57 Å². The summed E-state index contributed by atoms with van der Waals surface area (Å²) in [7, 11) is -3.17. The zero-order chi connectivity index (χ0) is 15.6. The van der Waals surface area contributed by atoms with Crippen LogP contribution in [0, 0.1) is 5.92 Å². The molecule has 1 aliphatic rings.